The van der Waals surface area contributed by atoms with Crippen molar-refractivity contribution in [1.82, 2.24) is 15.5 Å². The Morgan fingerprint density at radius 3 is 2.46 bits per heavy atom. The van der Waals surface area contributed by atoms with E-state index in [1.165, 1.54) is 0 Å². The van der Waals surface area contributed by atoms with Crippen LogP contribution in [0.15, 0.2) is 0 Å². The molecule has 2 unspecified atom stereocenters. The van der Waals surface area contributed by atoms with Crippen molar-refractivity contribution in [3.8, 4) is 0 Å². The van der Waals surface area contributed by atoms with Gasteiger partial charge in [-0.2, -0.15) is 12.6 Å². The Kier molecular flexibility index (Phi) is 12.7. The fourth-order valence-corrected chi connectivity index (χ4v) is 5.55. The second kappa shape index (κ2) is 14.9. The lowest BCUT2D eigenvalue weighted by Gasteiger charge is -2.39. The molecule has 0 bridgehead atoms. The normalized spacial score (nSPS) is 24.9. The maximum atomic E-state index is 13.9. The average molecular weight is 513 g/mol. The van der Waals surface area contributed by atoms with Gasteiger partial charge in [0, 0.05) is 24.5 Å². The van der Waals surface area contributed by atoms with Crippen LogP contribution in [-0.2, 0) is 14.3 Å². The average Bonchev–Trinajstić information content (AvgIpc) is 3.35. The van der Waals surface area contributed by atoms with Crippen molar-refractivity contribution in [1.29, 1.82) is 0 Å². The number of hydrogen-bond donors (Lipinski definition) is 4. The Hall–Kier alpha value is -1.48. The van der Waals surface area contributed by atoms with Gasteiger partial charge in [-0.25, -0.2) is 4.79 Å². The van der Waals surface area contributed by atoms with Gasteiger partial charge in [0.1, 0.15) is 12.1 Å². The van der Waals surface area contributed by atoms with Crippen LogP contribution in [-0.4, -0.2) is 66.4 Å². The number of amides is 3. The van der Waals surface area contributed by atoms with Gasteiger partial charge in [-0.05, 0) is 63.0 Å². The fourth-order valence-electron chi connectivity index (χ4n) is 5.21. The molecule has 202 valence electrons. The zero-order valence-electron chi connectivity index (χ0n) is 22.0. The molecule has 4 N–H and O–H groups in total. The first-order chi connectivity index (χ1) is 16.8. The van der Waals surface area contributed by atoms with E-state index >= 15 is 0 Å². The number of likely N-dealkylation sites (tertiary alicyclic amines) is 1. The molecule has 2 fully saturated rings. The molecule has 1 saturated heterocycles. The van der Waals surface area contributed by atoms with Crippen molar-refractivity contribution in [3.63, 3.8) is 0 Å². The van der Waals surface area contributed by atoms with E-state index in [1.54, 1.807) is 4.90 Å². The number of nitrogens with zero attached hydrogens (tertiary/aromatic N) is 1. The van der Waals surface area contributed by atoms with Crippen molar-refractivity contribution < 1.29 is 19.1 Å². The Morgan fingerprint density at radius 1 is 1.11 bits per heavy atom. The van der Waals surface area contributed by atoms with Crippen molar-refractivity contribution in [3.05, 3.63) is 0 Å². The van der Waals surface area contributed by atoms with Gasteiger partial charge in [0.2, 0.25) is 11.8 Å². The first kappa shape index (κ1) is 29.7. The van der Waals surface area contributed by atoms with Gasteiger partial charge < -0.3 is 26.0 Å². The molecule has 1 heterocycles. The Bertz CT molecular complexity index is 686. The van der Waals surface area contributed by atoms with Crippen molar-refractivity contribution in [2.45, 2.75) is 110 Å². The Labute approximate surface area is 217 Å². The number of nitrogens with two attached hydrogens (primary N) is 1. The highest BCUT2D eigenvalue weighted by Crippen LogP contribution is 2.33. The van der Waals surface area contributed by atoms with Crippen LogP contribution in [0.3, 0.4) is 0 Å². The fraction of sp³-hybridized carbons (Fsp3) is 0.885. The topological polar surface area (TPSA) is 114 Å². The third-order valence-corrected chi connectivity index (χ3v) is 8.37. The summed E-state index contributed by atoms with van der Waals surface area (Å²) < 4.78 is 5.25. The molecule has 0 aromatic rings. The lowest BCUT2D eigenvalue weighted by molar-refractivity contribution is -0.142. The van der Waals surface area contributed by atoms with Crippen LogP contribution in [0.4, 0.5) is 4.79 Å². The summed E-state index contributed by atoms with van der Waals surface area (Å²) in [5, 5.41) is 5.94. The summed E-state index contributed by atoms with van der Waals surface area (Å²) in [5.41, 5.74) is 5.45. The number of hydrogen-bond acceptors (Lipinski definition) is 6. The third-order valence-electron chi connectivity index (χ3n) is 7.65. The Balaban J connectivity index is 2.11. The summed E-state index contributed by atoms with van der Waals surface area (Å²) >= 11 is 4.58. The molecule has 0 spiro atoms. The number of nitrogens with one attached hydrogen (secondary N) is 2. The van der Waals surface area contributed by atoms with E-state index in [1.807, 2.05) is 13.8 Å². The molecule has 1 saturated carbocycles. The lowest BCUT2D eigenvalue weighted by atomic mass is 9.78. The van der Waals surface area contributed by atoms with Crippen molar-refractivity contribution >= 4 is 30.5 Å². The van der Waals surface area contributed by atoms with Crippen LogP contribution in [0, 0.1) is 11.3 Å². The molecule has 9 heteroatoms. The van der Waals surface area contributed by atoms with E-state index in [9.17, 15) is 14.4 Å². The molecule has 8 nitrogen and oxygen atoms in total. The summed E-state index contributed by atoms with van der Waals surface area (Å²) in [7, 11) is 0. The number of carbonyl (C=O) groups excluding carboxylic acids is 3. The zero-order chi connectivity index (χ0) is 25.8. The zero-order valence-corrected chi connectivity index (χ0v) is 22.9. The maximum Gasteiger partial charge on any atom is 0.407 e. The van der Waals surface area contributed by atoms with E-state index < -0.39 is 23.6 Å². The van der Waals surface area contributed by atoms with Gasteiger partial charge in [0.05, 0.1) is 6.61 Å². The smallest absolute Gasteiger partial charge is 0.407 e. The quantitative estimate of drug-likeness (QED) is 0.222. The standard InChI is InChI=1S/C26H48N4O4S/c1-4-6-7-14-26(3,18-35)22(29-25(33)34-16-5-2)24(32)30-15-8-9-21(30)23(31)28-17-19-10-12-20(27)13-11-19/h19-22,35H,4-18,27H2,1-3H3,(H,28,31)(H,29,33)/t19?,20?,21-,22?,26?/m0/s1. The first-order valence-electron chi connectivity index (χ1n) is 13.6. The Morgan fingerprint density at radius 2 is 1.83 bits per heavy atom. The molecule has 3 atom stereocenters. The highest BCUT2D eigenvalue weighted by atomic mass is 32.1. The molecule has 35 heavy (non-hydrogen) atoms. The maximum absolute atomic E-state index is 13.9. The van der Waals surface area contributed by atoms with Gasteiger partial charge in [-0.3, -0.25) is 9.59 Å². The number of alkyl carbamates (subject to hydrolysis) is 1. The van der Waals surface area contributed by atoms with Crippen molar-refractivity contribution in [2.24, 2.45) is 17.1 Å². The molecule has 0 radical (unpaired) electrons. The summed E-state index contributed by atoms with van der Waals surface area (Å²) in [4.78, 5) is 41.2. The summed E-state index contributed by atoms with van der Waals surface area (Å²) in [6, 6.07) is -1.03. The van der Waals surface area contributed by atoms with E-state index in [0.29, 0.717) is 44.2 Å². The second-order valence-electron chi connectivity index (χ2n) is 10.7. The van der Waals surface area contributed by atoms with Gasteiger partial charge in [-0.15, -0.1) is 0 Å². The SMILES string of the molecule is CCCCCC(C)(CS)C(NC(=O)OCCC)C(=O)N1CCC[C@H]1C(=O)NCC1CCC(N)CC1. The molecular weight excluding hydrogens is 464 g/mol. The van der Waals surface area contributed by atoms with E-state index in [0.717, 1.165) is 57.8 Å². The molecule has 2 rings (SSSR count). The van der Waals surface area contributed by atoms with E-state index in [4.69, 9.17) is 10.5 Å². The second-order valence-corrected chi connectivity index (χ2v) is 11.0. The lowest BCUT2D eigenvalue weighted by Crippen LogP contribution is -2.59. The molecule has 1 aliphatic heterocycles. The molecule has 0 aromatic heterocycles. The van der Waals surface area contributed by atoms with Crippen LogP contribution in [0.5, 0.6) is 0 Å². The monoisotopic (exact) mass is 512 g/mol. The third kappa shape index (κ3) is 8.85. The van der Waals surface area contributed by atoms with Gasteiger partial charge in [0.25, 0.3) is 0 Å². The predicted molar refractivity (Wildman–Crippen MR) is 142 cm³/mol. The number of rotatable bonds is 13. The number of ether oxygens (including phenoxy) is 1. The largest absolute Gasteiger partial charge is 0.450 e. The molecule has 2 aliphatic rings. The number of carbonyl (C=O) groups is 3. The van der Waals surface area contributed by atoms with Gasteiger partial charge >= 0.3 is 6.09 Å². The minimum Gasteiger partial charge on any atom is -0.450 e. The van der Waals surface area contributed by atoms with Crippen LogP contribution in [0.2, 0.25) is 0 Å². The summed E-state index contributed by atoms with van der Waals surface area (Å²) in [5.74, 6) is 0.567. The van der Waals surface area contributed by atoms with Crippen molar-refractivity contribution in [2.75, 3.05) is 25.4 Å². The van der Waals surface area contributed by atoms with Gasteiger partial charge in [0.15, 0.2) is 0 Å². The van der Waals surface area contributed by atoms with Gasteiger partial charge in [-0.1, -0.05) is 40.0 Å². The predicted octanol–water partition coefficient (Wildman–Crippen LogP) is 3.63. The highest BCUT2D eigenvalue weighted by molar-refractivity contribution is 7.80. The number of thiol groups is 1. The van der Waals surface area contributed by atoms with E-state index in [-0.39, 0.29) is 17.9 Å². The number of unbranched alkanes of at least 4 members (excludes halogenated alkanes) is 2. The minimum absolute atomic E-state index is 0.100. The van der Waals surface area contributed by atoms with E-state index in [2.05, 4.69) is 30.2 Å². The minimum atomic E-state index is -0.797. The molecule has 1 aliphatic carbocycles. The first-order valence-corrected chi connectivity index (χ1v) is 14.3. The van der Waals surface area contributed by atoms with Crippen LogP contribution in [0.1, 0.15) is 91.4 Å². The molecule has 0 aromatic carbocycles. The summed E-state index contributed by atoms with van der Waals surface area (Å²) in [6.07, 6.45) is 9.36. The molecule has 3 amide bonds. The van der Waals surface area contributed by atoms with Crippen LogP contribution in [0.25, 0.3) is 0 Å². The van der Waals surface area contributed by atoms with Crippen LogP contribution >= 0.6 is 12.6 Å². The highest BCUT2D eigenvalue weighted by Gasteiger charge is 2.45. The summed E-state index contributed by atoms with van der Waals surface area (Å²) in [6.45, 7) is 7.48. The van der Waals surface area contributed by atoms with Crippen LogP contribution < -0.4 is 16.4 Å². The molecular formula is C26H48N4O4S.